The van der Waals surface area contributed by atoms with Crippen molar-refractivity contribution < 1.29 is 9.47 Å². The van der Waals surface area contributed by atoms with E-state index in [0.717, 1.165) is 5.56 Å². The Kier molecular flexibility index (Phi) is 4.26. The lowest BCUT2D eigenvalue weighted by Gasteiger charge is -2.23. The molecule has 0 aliphatic heterocycles. The zero-order chi connectivity index (χ0) is 12.2. The van der Waals surface area contributed by atoms with E-state index in [-0.39, 0.29) is 11.7 Å². The minimum Gasteiger partial charge on any atom is -0.384 e. The van der Waals surface area contributed by atoms with Crippen molar-refractivity contribution in [2.24, 2.45) is 5.41 Å². The van der Waals surface area contributed by atoms with Crippen LogP contribution in [-0.2, 0) is 9.47 Å². The molecule has 4 nitrogen and oxygen atoms in total. The second kappa shape index (κ2) is 5.27. The minimum absolute atomic E-state index is 0.109. The highest BCUT2D eigenvalue weighted by atomic mass is 16.7. The van der Waals surface area contributed by atoms with E-state index < -0.39 is 0 Å². The quantitative estimate of drug-likeness (QED) is 0.798. The van der Waals surface area contributed by atoms with E-state index in [9.17, 15) is 0 Å². The van der Waals surface area contributed by atoms with Crippen molar-refractivity contribution in [3.8, 4) is 0 Å². The molecule has 0 amide bonds. The maximum absolute atomic E-state index is 5.68. The monoisotopic (exact) mass is 224 g/mol. The summed E-state index contributed by atoms with van der Waals surface area (Å²) in [6, 6.07) is 3.60. The van der Waals surface area contributed by atoms with E-state index in [0.29, 0.717) is 12.4 Å². The topological polar surface area (TPSA) is 57.4 Å². The van der Waals surface area contributed by atoms with Gasteiger partial charge in [0.05, 0.1) is 6.61 Å². The van der Waals surface area contributed by atoms with Crippen LogP contribution in [-0.4, -0.2) is 18.7 Å². The first-order chi connectivity index (χ1) is 7.42. The highest BCUT2D eigenvalue weighted by Gasteiger charge is 2.16. The van der Waals surface area contributed by atoms with Gasteiger partial charge in [0, 0.05) is 18.9 Å². The lowest BCUT2D eigenvalue weighted by Crippen LogP contribution is -2.18. The largest absolute Gasteiger partial charge is 0.384 e. The van der Waals surface area contributed by atoms with Gasteiger partial charge in [-0.05, 0) is 17.5 Å². The van der Waals surface area contributed by atoms with E-state index in [1.807, 2.05) is 6.07 Å². The fourth-order valence-corrected chi connectivity index (χ4v) is 1.18. The predicted molar refractivity (Wildman–Crippen MR) is 63.8 cm³/mol. The summed E-state index contributed by atoms with van der Waals surface area (Å²) in [5.41, 5.74) is 6.50. The van der Waals surface area contributed by atoms with Crippen LogP contribution in [0, 0.1) is 5.41 Å². The van der Waals surface area contributed by atoms with Gasteiger partial charge < -0.3 is 15.2 Å². The van der Waals surface area contributed by atoms with E-state index in [2.05, 4.69) is 25.8 Å². The summed E-state index contributed by atoms with van der Waals surface area (Å²) in [5.74, 6) is 0.495. The molecule has 0 fully saturated rings. The van der Waals surface area contributed by atoms with Crippen LogP contribution in [0.3, 0.4) is 0 Å². The van der Waals surface area contributed by atoms with Gasteiger partial charge in [-0.1, -0.05) is 20.8 Å². The standard InChI is InChI=1S/C12H20N2O2/c1-12(2,3)8-16-11(15-4)9-5-6-10(13)14-7-9/h5-7,11H,8H2,1-4H3,(H2,13,14). The van der Waals surface area contributed by atoms with Crippen molar-refractivity contribution >= 4 is 5.82 Å². The third-order valence-corrected chi connectivity index (χ3v) is 1.96. The molecule has 1 aromatic heterocycles. The number of anilines is 1. The molecule has 90 valence electrons. The Labute approximate surface area is 96.8 Å². The van der Waals surface area contributed by atoms with Gasteiger partial charge in [0.2, 0.25) is 0 Å². The highest BCUT2D eigenvalue weighted by molar-refractivity contribution is 5.29. The number of nitrogens with two attached hydrogens (primary N) is 1. The van der Waals surface area contributed by atoms with Gasteiger partial charge in [-0.2, -0.15) is 0 Å². The van der Waals surface area contributed by atoms with Crippen molar-refractivity contribution in [2.45, 2.75) is 27.1 Å². The first-order valence-corrected chi connectivity index (χ1v) is 5.28. The molecule has 2 N–H and O–H groups in total. The van der Waals surface area contributed by atoms with Gasteiger partial charge in [-0.3, -0.25) is 0 Å². The first kappa shape index (κ1) is 12.9. The van der Waals surface area contributed by atoms with Crippen LogP contribution in [0.2, 0.25) is 0 Å². The van der Waals surface area contributed by atoms with Gasteiger partial charge in [-0.15, -0.1) is 0 Å². The average Bonchev–Trinajstić information content (AvgIpc) is 2.20. The van der Waals surface area contributed by atoms with Gasteiger partial charge in [-0.25, -0.2) is 4.98 Å². The zero-order valence-electron chi connectivity index (χ0n) is 10.4. The van der Waals surface area contributed by atoms with E-state index in [1.54, 1.807) is 19.4 Å². The number of aromatic nitrogens is 1. The van der Waals surface area contributed by atoms with Crippen molar-refractivity contribution in [3.63, 3.8) is 0 Å². The van der Waals surface area contributed by atoms with Gasteiger partial charge >= 0.3 is 0 Å². The number of hydrogen-bond donors (Lipinski definition) is 1. The number of rotatable bonds is 4. The number of nitrogen functional groups attached to an aromatic ring is 1. The molecule has 16 heavy (non-hydrogen) atoms. The molecule has 0 aliphatic carbocycles. The van der Waals surface area contributed by atoms with Gasteiger partial charge in [0.25, 0.3) is 0 Å². The fraction of sp³-hybridized carbons (Fsp3) is 0.583. The molecule has 1 heterocycles. The summed E-state index contributed by atoms with van der Waals surface area (Å²) < 4.78 is 10.9. The summed E-state index contributed by atoms with van der Waals surface area (Å²) >= 11 is 0. The van der Waals surface area contributed by atoms with Crippen molar-refractivity contribution in [2.75, 3.05) is 19.5 Å². The third kappa shape index (κ3) is 4.16. The molecule has 4 heteroatoms. The van der Waals surface area contributed by atoms with Crippen LogP contribution in [0.1, 0.15) is 32.6 Å². The number of ether oxygens (including phenoxy) is 2. The highest BCUT2D eigenvalue weighted by Crippen LogP contribution is 2.22. The number of hydrogen-bond acceptors (Lipinski definition) is 4. The van der Waals surface area contributed by atoms with Crippen LogP contribution in [0.25, 0.3) is 0 Å². The van der Waals surface area contributed by atoms with Crippen molar-refractivity contribution in [3.05, 3.63) is 23.9 Å². The predicted octanol–water partition coefficient (Wildman–Crippen LogP) is 2.37. The van der Waals surface area contributed by atoms with Crippen LogP contribution in [0.5, 0.6) is 0 Å². The summed E-state index contributed by atoms with van der Waals surface area (Å²) in [5, 5.41) is 0. The van der Waals surface area contributed by atoms with Gasteiger partial charge in [0.15, 0.2) is 6.29 Å². The van der Waals surface area contributed by atoms with Crippen LogP contribution in [0.4, 0.5) is 5.82 Å². The fourth-order valence-electron chi connectivity index (χ4n) is 1.18. The van der Waals surface area contributed by atoms with Crippen molar-refractivity contribution in [1.29, 1.82) is 0 Å². The Balaban J connectivity index is 2.64. The summed E-state index contributed by atoms with van der Waals surface area (Å²) in [6.07, 6.45) is 1.29. The summed E-state index contributed by atoms with van der Waals surface area (Å²) in [4.78, 5) is 4.01. The molecule has 1 rings (SSSR count). The van der Waals surface area contributed by atoms with Crippen molar-refractivity contribution in [1.82, 2.24) is 4.98 Å². The smallest absolute Gasteiger partial charge is 0.184 e. The molecule has 0 saturated heterocycles. The Morgan fingerprint density at radius 2 is 2.06 bits per heavy atom. The molecule has 0 aromatic carbocycles. The second-order valence-corrected chi connectivity index (χ2v) is 4.96. The number of nitrogens with zero attached hydrogens (tertiary/aromatic N) is 1. The minimum atomic E-state index is -0.382. The molecule has 1 aromatic rings. The molecule has 0 bridgehead atoms. The lowest BCUT2D eigenvalue weighted by atomic mass is 9.99. The second-order valence-electron chi connectivity index (χ2n) is 4.96. The maximum atomic E-state index is 5.68. The number of pyridine rings is 1. The maximum Gasteiger partial charge on any atom is 0.184 e. The first-order valence-electron chi connectivity index (χ1n) is 5.28. The summed E-state index contributed by atoms with van der Waals surface area (Å²) in [7, 11) is 1.61. The molecule has 0 radical (unpaired) electrons. The molecular formula is C12H20N2O2. The van der Waals surface area contributed by atoms with E-state index in [4.69, 9.17) is 15.2 Å². The molecule has 1 unspecified atom stereocenters. The van der Waals surface area contributed by atoms with E-state index >= 15 is 0 Å². The molecule has 0 saturated carbocycles. The Bertz CT molecular complexity index is 317. The van der Waals surface area contributed by atoms with E-state index in [1.165, 1.54) is 0 Å². The lowest BCUT2D eigenvalue weighted by molar-refractivity contribution is -0.144. The summed E-state index contributed by atoms with van der Waals surface area (Å²) in [6.45, 7) is 6.96. The van der Waals surface area contributed by atoms with Crippen LogP contribution < -0.4 is 5.73 Å². The molecular weight excluding hydrogens is 204 g/mol. The third-order valence-electron chi connectivity index (χ3n) is 1.96. The SMILES string of the molecule is COC(OCC(C)(C)C)c1ccc(N)nc1. The molecule has 0 spiro atoms. The Hall–Kier alpha value is -1.13. The Morgan fingerprint density at radius 1 is 1.38 bits per heavy atom. The number of methoxy groups -OCH3 is 1. The average molecular weight is 224 g/mol. The molecule has 0 aliphatic rings. The van der Waals surface area contributed by atoms with Crippen LogP contribution in [0.15, 0.2) is 18.3 Å². The molecule has 1 atom stereocenters. The normalized spacial score (nSPS) is 13.8. The van der Waals surface area contributed by atoms with Crippen LogP contribution >= 0.6 is 0 Å². The Morgan fingerprint density at radius 3 is 2.50 bits per heavy atom. The van der Waals surface area contributed by atoms with Gasteiger partial charge in [0.1, 0.15) is 5.82 Å². The zero-order valence-corrected chi connectivity index (χ0v) is 10.4.